The molecule has 1 atom stereocenters. The van der Waals surface area contributed by atoms with Gasteiger partial charge in [-0.15, -0.1) is 11.7 Å². The minimum atomic E-state index is 0.544. The minimum Gasteiger partial charge on any atom is -0.298 e. The molecule has 1 aliphatic heterocycles. The Balaban J connectivity index is 2.31. The number of rotatable bonds is 2. The molecule has 0 N–H and O–H groups in total. The van der Waals surface area contributed by atoms with Crippen LogP contribution in [0.3, 0.4) is 0 Å². The van der Waals surface area contributed by atoms with Gasteiger partial charge >= 0.3 is 0 Å². The van der Waals surface area contributed by atoms with Crippen molar-refractivity contribution in [3.63, 3.8) is 0 Å². The van der Waals surface area contributed by atoms with Crippen molar-refractivity contribution in [3.05, 3.63) is 35.4 Å². The summed E-state index contributed by atoms with van der Waals surface area (Å²) in [5.41, 5.74) is 3.00. The zero-order valence-electron chi connectivity index (χ0n) is 8.31. The van der Waals surface area contributed by atoms with Gasteiger partial charge in [-0.3, -0.25) is 4.90 Å². The number of hydrogen-bond donors (Lipinski definition) is 1. The van der Waals surface area contributed by atoms with Gasteiger partial charge in [0.1, 0.15) is 0 Å². The van der Waals surface area contributed by atoms with E-state index in [4.69, 9.17) is 0 Å². The van der Waals surface area contributed by atoms with E-state index in [0.717, 1.165) is 12.3 Å². The van der Waals surface area contributed by atoms with E-state index in [1.807, 2.05) is 0 Å². The Hall–Kier alpha value is -0.120. The van der Waals surface area contributed by atoms with Crippen LogP contribution < -0.4 is 0 Å². The smallest absolute Gasteiger partial charge is 0.0446 e. The van der Waals surface area contributed by atoms with Gasteiger partial charge in [-0.05, 0) is 24.6 Å². The summed E-state index contributed by atoms with van der Waals surface area (Å²) in [7, 11) is 3.83. The Labute approximate surface area is 94.7 Å². The molecule has 1 aliphatic rings. The molecule has 0 saturated heterocycles. The first kappa shape index (κ1) is 10.4. The van der Waals surface area contributed by atoms with E-state index in [-0.39, 0.29) is 0 Å². The molecule has 0 spiro atoms. The maximum atomic E-state index is 4.25. The molecule has 0 amide bonds. The first-order valence-corrected chi connectivity index (χ1v) is 6.91. The second kappa shape index (κ2) is 4.60. The first-order chi connectivity index (χ1) is 6.83. The van der Waals surface area contributed by atoms with Gasteiger partial charge in [-0.25, -0.2) is 0 Å². The van der Waals surface area contributed by atoms with Crippen molar-refractivity contribution in [1.29, 1.82) is 0 Å². The predicted octanol–water partition coefficient (Wildman–Crippen LogP) is 2.79. The van der Waals surface area contributed by atoms with Crippen molar-refractivity contribution in [2.45, 2.75) is 12.5 Å². The van der Waals surface area contributed by atoms with E-state index in [9.17, 15) is 0 Å². The lowest BCUT2D eigenvalue weighted by molar-refractivity contribution is 0.252. The van der Waals surface area contributed by atoms with Crippen LogP contribution in [0.5, 0.6) is 0 Å². The van der Waals surface area contributed by atoms with Gasteiger partial charge in [0.15, 0.2) is 0 Å². The Bertz CT molecular complexity index is 314. The van der Waals surface area contributed by atoms with Gasteiger partial charge in [-0.2, -0.15) is 0 Å². The third-order valence-corrected chi connectivity index (χ3v) is 3.82. The molecule has 0 aromatic heterocycles. The molecular weight excluding hydrogens is 210 g/mol. The zero-order valence-corrected chi connectivity index (χ0v) is 10.0. The molecule has 1 unspecified atom stereocenters. The summed E-state index contributed by atoms with van der Waals surface area (Å²) in [6.07, 6.45) is 1.18. The van der Waals surface area contributed by atoms with Crippen LogP contribution in [0, 0.1) is 0 Å². The molecule has 0 aliphatic carbocycles. The molecule has 0 fully saturated rings. The van der Waals surface area contributed by atoms with Crippen LogP contribution >= 0.6 is 22.5 Å². The van der Waals surface area contributed by atoms with Gasteiger partial charge in [-0.1, -0.05) is 35.1 Å². The van der Waals surface area contributed by atoms with Crippen LogP contribution in [0.4, 0.5) is 0 Å². The van der Waals surface area contributed by atoms with Crippen molar-refractivity contribution in [1.82, 2.24) is 4.90 Å². The van der Waals surface area contributed by atoms with E-state index in [1.54, 1.807) is 10.8 Å². The molecule has 0 saturated carbocycles. The number of hydrogen-bond acceptors (Lipinski definition) is 3. The van der Waals surface area contributed by atoms with E-state index in [0.29, 0.717) is 6.04 Å². The maximum Gasteiger partial charge on any atom is 0.0446 e. The molecule has 1 heterocycles. The third-order valence-electron chi connectivity index (χ3n) is 2.91. The summed E-state index contributed by atoms with van der Waals surface area (Å²) in [6.45, 7) is 1.16. The summed E-state index contributed by atoms with van der Waals surface area (Å²) in [4.78, 5) is 2.42. The Morgan fingerprint density at radius 3 is 3.07 bits per heavy atom. The van der Waals surface area contributed by atoms with Crippen molar-refractivity contribution in [2.75, 3.05) is 19.3 Å². The van der Waals surface area contributed by atoms with Crippen LogP contribution in [-0.4, -0.2) is 24.2 Å². The van der Waals surface area contributed by atoms with Crippen molar-refractivity contribution in [2.24, 2.45) is 0 Å². The lowest BCUT2D eigenvalue weighted by atomic mass is 9.94. The fraction of sp³-hybridized carbons (Fsp3) is 0.455. The predicted molar refractivity (Wildman–Crippen MR) is 67.0 cm³/mol. The quantitative estimate of drug-likeness (QED) is 0.609. The zero-order chi connectivity index (χ0) is 9.97. The third kappa shape index (κ3) is 1.95. The highest BCUT2D eigenvalue weighted by Gasteiger charge is 2.23. The van der Waals surface area contributed by atoms with Crippen LogP contribution in [0.2, 0.25) is 0 Å². The first-order valence-electron chi connectivity index (χ1n) is 4.87. The topological polar surface area (TPSA) is 3.24 Å². The highest BCUT2D eigenvalue weighted by atomic mass is 33.1. The standard InChI is InChI=1S/C11H15NS2/c1-12-7-6-9-4-2-3-5-10(9)11(12)8-14-13/h2-5,11,13H,6-8H2,1H3. The number of likely N-dealkylation sites (N-methyl/N-ethyl adjacent to an activating group) is 1. The van der Waals surface area contributed by atoms with Crippen LogP contribution in [-0.2, 0) is 6.42 Å². The average molecular weight is 225 g/mol. The number of benzene rings is 1. The summed E-state index contributed by atoms with van der Waals surface area (Å²) in [6, 6.07) is 9.31. The molecule has 76 valence electrons. The van der Waals surface area contributed by atoms with E-state index >= 15 is 0 Å². The Kier molecular flexibility index (Phi) is 3.42. The summed E-state index contributed by atoms with van der Waals surface area (Å²) in [5.74, 6) is 1.07. The highest BCUT2D eigenvalue weighted by molar-refractivity contribution is 8.68. The average Bonchev–Trinajstić information content (AvgIpc) is 2.23. The lowest BCUT2D eigenvalue weighted by Gasteiger charge is -2.34. The summed E-state index contributed by atoms with van der Waals surface area (Å²) in [5, 5.41) is 0. The maximum absolute atomic E-state index is 4.25. The Morgan fingerprint density at radius 1 is 1.50 bits per heavy atom. The molecule has 0 radical (unpaired) electrons. The lowest BCUT2D eigenvalue weighted by Crippen LogP contribution is -2.33. The Morgan fingerprint density at radius 2 is 2.29 bits per heavy atom. The number of nitrogens with zero attached hydrogens (tertiary/aromatic N) is 1. The van der Waals surface area contributed by atoms with Gasteiger partial charge in [0.2, 0.25) is 0 Å². The fourth-order valence-corrected chi connectivity index (χ4v) is 3.06. The second-order valence-corrected chi connectivity index (χ2v) is 5.11. The van der Waals surface area contributed by atoms with Gasteiger partial charge < -0.3 is 0 Å². The number of thiol groups is 1. The van der Waals surface area contributed by atoms with Crippen molar-refractivity contribution < 1.29 is 0 Å². The molecule has 1 nitrogen and oxygen atoms in total. The highest BCUT2D eigenvalue weighted by Crippen LogP contribution is 2.31. The molecule has 0 bridgehead atoms. The van der Waals surface area contributed by atoms with Crippen LogP contribution in [0.1, 0.15) is 17.2 Å². The summed E-state index contributed by atoms with van der Waals surface area (Å²) >= 11 is 4.25. The minimum absolute atomic E-state index is 0.544. The normalized spacial score (nSPS) is 22.0. The SMILES string of the molecule is CN1CCc2ccccc2C1CSS. The molecule has 2 rings (SSSR count). The van der Waals surface area contributed by atoms with E-state index < -0.39 is 0 Å². The van der Waals surface area contributed by atoms with Crippen molar-refractivity contribution in [3.8, 4) is 0 Å². The largest absolute Gasteiger partial charge is 0.298 e. The van der Waals surface area contributed by atoms with Gasteiger partial charge in [0.25, 0.3) is 0 Å². The van der Waals surface area contributed by atoms with Crippen LogP contribution in [0.15, 0.2) is 24.3 Å². The second-order valence-electron chi connectivity index (χ2n) is 3.74. The monoisotopic (exact) mass is 225 g/mol. The molecule has 14 heavy (non-hydrogen) atoms. The van der Waals surface area contributed by atoms with Gasteiger partial charge in [0, 0.05) is 18.3 Å². The fourth-order valence-electron chi connectivity index (χ4n) is 2.06. The molecular formula is C11H15NS2. The van der Waals surface area contributed by atoms with E-state index in [1.165, 1.54) is 17.5 Å². The molecule has 1 aromatic carbocycles. The number of fused-ring (bicyclic) bond motifs is 1. The molecule has 3 heteroatoms. The summed E-state index contributed by atoms with van der Waals surface area (Å²) < 4.78 is 0. The van der Waals surface area contributed by atoms with Crippen LogP contribution in [0.25, 0.3) is 0 Å². The van der Waals surface area contributed by atoms with Gasteiger partial charge in [0.05, 0.1) is 0 Å². The molecule has 1 aromatic rings. The van der Waals surface area contributed by atoms with E-state index in [2.05, 4.69) is 47.9 Å². The van der Waals surface area contributed by atoms with Crippen molar-refractivity contribution >= 4 is 22.5 Å².